The molecule has 0 aromatic carbocycles. The van der Waals surface area contributed by atoms with Gasteiger partial charge in [0, 0.05) is 6.20 Å². The van der Waals surface area contributed by atoms with E-state index < -0.39 is 0 Å². The van der Waals surface area contributed by atoms with Gasteiger partial charge in [-0.3, -0.25) is 0 Å². The fourth-order valence-electron chi connectivity index (χ4n) is 0.980. The van der Waals surface area contributed by atoms with E-state index in [1.54, 1.807) is 12.3 Å². The van der Waals surface area contributed by atoms with Gasteiger partial charge in [-0.15, -0.1) is 0 Å². The Kier molecular flexibility index (Phi) is 1.55. The predicted octanol–water partition coefficient (Wildman–Crippen LogP) is 1.24. The van der Waals surface area contributed by atoms with Crippen molar-refractivity contribution in [1.82, 2.24) is 9.97 Å². The molecule has 0 aliphatic carbocycles. The number of hydrogen-bond donors (Lipinski definition) is 1. The van der Waals surface area contributed by atoms with Crippen LogP contribution in [-0.2, 0) is 0 Å². The summed E-state index contributed by atoms with van der Waals surface area (Å²) in [7, 11) is 0. The van der Waals surface area contributed by atoms with Crippen molar-refractivity contribution in [2.45, 2.75) is 13.0 Å². The molecular formula is C8H9N3O. The summed E-state index contributed by atoms with van der Waals surface area (Å²) in [6, 6.07) is 3.44. The Bertz CT molecular complexity index is 361. The molecule has 0 aliphatic heterocycles. The van der Waals surface area contributed by atoms with E-state index in [-0.39, 0.29) is 6.04 Å². The minimum absolute atomic E-state index is 0.181. The van der Waals surface area contributed by atoms with Gasteiger partial charge in [0.25, 0.3) is 0 Å². The molecule has 4 heteroatoms. The molecular weight excluding hydrogens is 154 g/mol. The lowest BCUT2D eigenvalue weighted by molar-refractivity contribution is 0.493. The molecule has 0 amide bonds. The maximum absolute atomic E-state index is 5.59. The summed E-state index contributed by atoms with van der Waals surface area (Å²) in [5.41, 5.74) is 6.89. The van der Waals surface area contributed by atoms with E-state index in [1.165, 1.54) is 0 Å². The van der Waals surface area contributed by atoms with Crippen molar-refractivity contribution in [3.8, 4) is 0 Å². The van der Waals surface area contributed by atoms with Crippen LogP contribution in [0.2, 0.25) is 0 Å². The quantitative estimate of drug-likeness (QED) is 0.686. The van der Waals surface area contributed by atoms with Crippen LogP contribution in [0.15, 0.2) is 22.7 Å². The largest absolute Gasteiger partial charge is 0.437 e. The first-order valence-electron chi connectivity index (χ1n) is 3.74. The smallest absolute Gasteiger partial charge is 0.213 e. The van der Waals surface area contributed by atoms with Crippen LogP contribution in [0, 0.1) is 0 Å². The summed E-state index contributed by atoms with van der Waals surface area (Å²) in [6.45, 7) is 1.82. The van der Waals surface area contributed by atoms with Gasteiger partial charge in [-0.05, 0) is 19.1 Å². The molecule has 62 valence electrons. The van der Waals surface area contributed by atoms with Crippen LogP contribution < -0.4 is 5.73 Å². The summed E-state index contributed by atoms with van der Waals surface area (Å²) in [4.78, 5) is 8.13. The summed E-state index contributed by atoms with van der Waals surface area (Å²) < 4.78 is 5.33. The van der Waals surface area contributed by atoms with Crippen LogP contribution in [0.1, 0.15) is 18.9 Å². The van der Waals surface area contributed by atoms with Crippen molar-refractivity contribution in [1.29, 1.82) is 0 Å². The number of rotatable bonds is 1. The van der Waals surface area contributed by atoms with Crippen LogP contribution in [0.5, 0.6) is 0 Å². The first-order chi connectivity index (χ1) is 5.77. The van der Waals surface area contributed by atoms with E-state index in [2.05, 4.69) is 9.97 Å². The molecule has 0 spiro atoms. The van der Waals surface area contributed by atoms with E-state index >= 15 is 0 Å². The second kappa shape index (κ2) is 2.57. The molecule has 0 bridgehead atoms. The van der Waals surface area contributed by atoms with Gasteiger partial charge >= 0.3 is 0 Å². The molecule has 2 heterocycles. The lowest BCUT2D eigenvalue weighted by Crippen LogP contribution is -2.04. The molecule has 2 N–H and O–H groups in total. The van der Waals surface area contributed by atoms with Crippen LogP contribution in [0.4, 0.5) is 0 Å². The Morgan fingerprint density at radius 1 is 1.58 bits per heavy atom. The van der Waals surface area contributed by atoms with Gasteiger partial charge in [-0.25, -0.2) is 4.98 Å². The second-order valence-corrected chi connectivity index (χ2v) is 2.67. The third kappa shape index (κ3) is 1.06. The van der Waals surface area contributed by atoms with Crippen LogP contribution in [-0.4, -0.2) is 9.97 Å². The fourth-order valence-corrected chi connectivity index (χ4v) is 0.980. The van der Waals surface area contributed by atoms with Crippen molar-refractivity contribution >= 4 is 11.2 Å². The number of aromatic nitrogens is 2. The third-order valence-corrected chi connectivity index (χ3v) is 1.57. The molecule has 1 atom stereocenters. The first-order valence-corrected chi connectivity index (χ1v) is 3.74. The Balaban J connectivity index is 2.62. The first kappa shape index (κ1) is 7.24. The van der Waals surface area contributed by atoms with Gasteiger partial charge < -0.3 is 10.2 Å². The van der Waals surface area contributed by atoms with E-state index in [0.29, 0.717) is 17.1 Å². The standard InChI is InChI=1S/C8H9N3O/c1-5(9)8-11-7-6(12-8)3-2-4-10-7/h2-5H,9H2,1H3/t5-/m0/s1. The zero-order chi connectivity index (χ0) is 8.55. The Labute approximate surface area is 69.4 Å². The highest BCUT2D eigenvalue weighted by molar-refractivity contribution is 5.66. The van der Waals surface area contributed by atoms with Gasteiger partial charge in [0.15, 0.2) is 11.2 Å². The molecule has 2 aromatic heterocycles. The summed E-state index contributed by atoms with van der Waals surface area (Å²) >= 11 is 0. The van der Waals surface area contributed by atoms with Gasteiger partial charge in [0.2, 0.25) is 5.89 Å². The fraction of sp³-hybridized carbons (Fsp3) is 0.250. The van der Waals surface area contributed by atoms with E-state index in [4.69, 9.17) is 10.2 Å². The topological polar surface area (TPSA) is 64.9 Å². The number of pyridine rings is 1. The van der Waals surface area contributed by atoms with Crippen molar-refractivity contribution in [2.75, 3.05) is 0 Å². The monoisotopic (exact) mass is 163 g/mol. The highest BCUT2D eigenvalue weighted by Gasteiger charge is 2.08. The molecule has 0 fully saturated rings. The van der Waals surface area contributed by atoms with E-state index in [9.17, 15) is 0 Å². The van der Waals surface area contributed by atoms with Crippen LogP contribution in [0.25, 0.3) is 11.2 Å². The lowest BCUT2D eigenvalue weighted by Gasteiger charge is -1.93. The number of nitrogens with zero attached hydrogens (tertiary/aromatic N) is 2. The third-order valence-electron chi connectivity index (χ3n) is 1.57. The zero-order valence-corrected chi connectivity index (χ0v) is 6.69. The average Bonchev–Trinajstić information content (AvgIpc) is 2.46. The molecule has 0 saturated carbocycles. The number of oxazole rings is 1. The minimum Gasteiger partial charge on any atom is -0.437 e. The summed E-state index contributed by atoms with van der Waals surface area (Å²) in [5, 5.41) is 0. The maximum atomic E-state index is 5.59. The van der Waals surface area contributed by atoms with Crippen molar-refractivity contribution < 1.29 is 4.42 Å². The van der Waals surface area contributed by atoms with Crippen LogP contribution >= 0.6 is 0 Å². The number of fused-ring (bicyclic) bond motifs is 1. The molecule has 0 radical (unpaired) electrons. The Morgan fingerprint density at radius 3 is 3.08 bits per heavy atom. The molecule has 0 unspecified atom stereocenters. The molecule has 0 saturated heterocycles. The van der Waals surface area contributed by atoms with Gasteiger partial charge in [-0.2, -0.15) is 4.98 Å². The van der Waals surface area contributed by atoms with E-state index in [0.717, 1.165) is 0 Å². The molecule has 12 heavy (non-hydrogen) atoms. The average molecular weight is 163 g/mol. The van der Waals surface area contributed by atoms with E-state index in [1.807, 2.05) is 13.0 Å². The second-order valence-electron chi connectivity index (χ2n) is 2.67. The zero-order valence-electron chi connectivity index (χ0n) is 6.69. The Morgan fingerprint density at radius 2 is 2.42 bits per heavy atom. The Hall–Kier alpha value is -1.42. The summed E-state index contributed by atoms with van der Waals surface area (Å²) in [6.07, 6.45) is 1.68. The highest BCUT2D eigenvalue weighted by atomic mass is 16.3. The van der Waals surface area contributed by atoms with Crippen molar-refractivity contribution in [3.05, 3.63) is 24.2 Å². The van der Waals surface area contributed by atoms with Crippen LogP contribution in [0.3, 0.4) is 0 Å². The van der Waals surface area contributed by atoms with Crippen molar-refractivity contribution in [2.24, 2.45) is 5.73 Å². The van der Waals surface area contributed by atoms with Crippen molar-refractivity contribution in [3.63, 3.8) is 0 Å². The predicted molar refractivity (Wildman–Crippen MR) is 44.4 cm³/mol. The minimum atomic E-state index is -0.181. The van der Waals surface area contributed by atoms with Gasteiger partial charge in [-0.1, -0.05) is 0 Å². The van der Waals surface area contributed by atoms with Gasteiger partial charge in [0.1, 0.15) is 0 Å². The normalized spacial score (nSPS) is 13.5. The maximum Gasteiger partial charge on any atom is 0.213 e. The molecule has 2 aromatic rings. The lowest BCUT2D eigenvalue weighted by atomic mass is 10.4. The highest BCUT2D eigenvalue weighted by Crippen LogP contribution is 2.15. The number of hydrogen-bond acceptors (Lipinski definition) is 4. The molecule has 4 nitrogen and oxygen atoms in total. The SMILES string of the molecule is C[C@H](N)c1nc2ncccc2o1. The number of nitrogens with two attached hydrogens (primary N) is 1. The molecule has 0 aliphatic rings. The van der Waals surface area contributed by atoms with Gasteiger partial charge in [0.05, 0.1) is 6.04 Å². The molecule has 2 rings (SSSR count). The summed E-state index contributed by atoms with van der Waals surface area (Å²) in [5.74, 6) is 0.531.